The van der Waals surface area contributed by atoms with E-state index in [0.717, 1.165) is 60.6 Å². The van der Waals surface area contributed by atoms with Gasteiger partial charge in [-0.25, -0.2) is 4.98 Å². The number of nitrogens with zero attached hydrogens (tertiary/aromatic N) is 2. The minimum Gasteiger partial charge on any atom is -0.493 e. The zero-order valence-corrected chi connectivity index (χ0v) is 23.6. The van der Waals surface area contributed by atoms with Crippen LogP contribution in [0.4, 0.5) is 0 Å². The van der Waals surface area contributed by atoms with Crippen LogP contribution in [0, 0.1) is 0 Å². The van der Waals surface area contributed by atoms with Crippen LogP contribution in [-0.4, -0.2) is 57.0 Å². The summed E-state index contributed by atoms with van der Waals surface area (Å²) >= 11 is 0. The van der Waals surface area contributed by atoms with E-state index in [1.165, 1.54) is 21.3 Å². The van der Waals surface area contributed by atoms with Crippen LogP contribution in [-0.2, 0) is 13.0 Å². The second-order valence-corrected chi connectivity index (χ2v) is 9.15. The Bertz CT molecular complexity index is 1390. The van der Waals surface area contributed by atoms with Crippen molar-refractivity contribution in [2.45, 2.75) is 32.2 Å². The lowest BCUT2D eigenvalue weighted by Crippen LogP contribution is -2.25. The van der Waals surface area contributed by atoms with Crippen molar-refractivity contribution < 1.29 is 28.5 Å². The van der Waals surface area contributed by atoms with E-state index in [0.29, 0.717) is 36.0 Å². The molecule has 0 saturated carbocycles. The van der Waals surface area contributed by atoms with Gasteiger partial charge in [-0.05, 0) is 55.7 Å². The Kier molecular flexibility index (Phi) is 10.1. The minimum absolute atomic E-state index is 0.206. The first kappa shape index (κ1) is 28.6. The molecule has 9 heteroatoms. The number of unbranched alkanes of at least 4 members (excludes halogenated alkanes) is 1. The molecule has 40 heavy (non-hydrogen) atoms. The van der Waals surface area contributed by atoms with Crippen LogP contribution in [0.3, 0.4) is 0 Å². The molecule has 4 rings (SSSR count). The van der Waals surface area contributed by atoms with Gasteiger partial charge >= 0.3 is 0 Å². The summed E-state index contributed by atoms with van der Waals surface area (Å²) in [6.45, 7) is 1.95. The molecule has 0 fully saturated rings. The summed E-state index contributed by atoms with van der Waals surface area (Å²) in [5.74, 6) is 3.63. The van der Waals surface area contributed by atoms with Crippen LogP contribution in [0.5, 0.6) is 28.7 Å². The predicted molar refractivity (Wildman–Crippen MR) is 154 cm³/mol. The van der Waals surface area contributed by atoms with Crippen molar-refractivity contribution in [3.8, 4) is 28.7 Å². The standard InChI is InChI=1S/C31H37N3O6/c1-36-25-14-7-8-15-26(25)40-19-10-9-18-34-24-13-6-5-12-23(24)33-29(34)16-11-17-32-31(35)22-20-27(37-2)30(39-4)28(21-22)38-3/h5-8,12-15,20-21H,9-11,16-19H2,1-4H3,(H,32,35). The second-order valence-electron chi connectivity index (χ2n) is 9.15. The molecule has 0 atom stereocenters. The normalized spacial score (nSPS) is 10.8. The zero-order valence-electron chi connectivity index (χ0n) is 23.6. The third-order valence-corrected chi connectivity index (χ3v) is 6.63. The second kappa shape index (κ2) is 14.1. The molecule has 0 radical (unpaired) electrons. The Morgan fingerprint density at radius 1 is 0.800 bits per heavy atom. The van der Waals surface area contributed by atoms with Gasteiger partial charge in [0.05, 0.1) is 46.1 Å². The monoisotopic (exact) mass is 547 g/mol. The van der Waals surface area contributed by atoms with Gasteiger partial charge in [0.15, 0.2) is 23.0 Å². The van der Waals surface area contributed by atoms with E-state index in [1.807, 2.05) is 42.5 Å². The highest BCUT2D eigenvalue weighted by molar-refractivity contribution is 5.95. The highest BCUT2D eigenvalue weighted by Gasteiger charge is 2.17. The molecule has 0 bridgehead atoms. The summed E-state index contributed by atoms with van der Waals surface area (Å²) in [7, 11) is 6.23. The van der Waals surface area contributed by atoms with Crippen molar-refractivity contribution in [3.63, 3.8) is 0 Å². The molecule has 1 heterocycles. The fourth-order valence-electron chi connectivity index (χ4n) is 4.62. The van der Waals surface area contributed by atoms with Gasteiger partial charge in [0.2, 0.25) is 5.75 Å². The van der Waals surface area contributed by atoms with Gasteiger partial charge in [-0.15, -0.1) is 0 Å². The van der Waals surface area contributed by atoms with Gasteiger partial charge in [0.25, 0.3) is 5.91 Å². The number of hydrogen-bond acceptors (Lipinski definition) is 7. The van der Waals surface area contributed by atoms with Gasteiger partial charge in [0, 0.05) is 25.1 Å². The number of aryl methyl sites for hydroxylation is 2. The first-order valence-corrected chi connectivity index (χ1v) is 13.4. The van der Waals surface area contributed by atoms with E-state index in [2.05, 4.69) is 16.0 Å². The van der Waals surface area contributed by atoms with Crippen molar-refractivity contribution in [2.24, 2.45) is 0 Å². The summed E-state index contributed by atoms with van der Waals surface area (Å²) in [5.41, 5.74) is 2.53. The maximum absolute atomic E-state index is 12.8. The smallest absolute Gasteiger partial charge is 0.251 e. The van der Waals surface area contributed by atoms with Crippen LogP contribution in [0.1, 0.15) is 35.4 Å². The van der Waals surface area contributed by atoms with Crippen LogP contribution >= 0.6 is 0 Å². The Balaban J connectivity index is 1.32. The lowest BCUT2D eigenvalue weighted by Gasteiger charge is -2.14. The molecule has 0 saturated heterocycles. The van der Waals surface area contributed by atoms with Crippen molar-refractivity contribution in [3.05, 3.63) is 72.1 Å². The number of ether oxygens (including phenoxy) is 5. The number of carbonyl (C=O) groups excluding carboxylic acids is 1. The highest BCUT2D eigenvalue weighted by Crippen LogP contribution is 2.38. The topological polar surface area (TPSA) is 93.1 Å². The van der Waals surface area contributed by atoms with Crippen molar-refractivity contribution in [1.29, 1.82) is 0 Å². The van der Waals surface area contributed by atoms with Crippen LogP contribution < -0.4 is 29.0 Å². The number of fused-ring (bicyclic) bond motifs is 1. The Hall–Kier alpha value is -4.40. The molecule has 1 amide bonds. The van der Waals surface area contributed by atoms with Crippen LogP contribution in [0.2, 0.25) is 0 Å². The van der Waals surface area contributed by atoms with Gasteiger partial charge in [-0.2, -0.15) is 0 Å². The molecule has 212 valence electrons. The first-order chi connectivity index (χ1) is 19.6. The summed E-state index contributed by atoms with van der Waals surface area (Å²) in [6.07, 6.45) is 3.33. The maximum atomic E-state index is 12.8. The van der Waals surface area contributed by atoms with Crippen LogP contribution in [0.15, 0.2) is 60.7 Å². The fraction of sp³-hybridized carbons (Fsp3) is 0.355. The molecule has 0 spiro atoms. The molecule has 3 aromatic carbocycles. The lowest BCUT2D eigenvalue weighted by atomic mass is 10.1. The molecule has 0 aliphatic rings. The lowest BCUT2D eigenvalue weighted by molar-refractivity contribution is 0.0952. The molecule has 1 N–H and O–H groups in total. The Morgan fingerprint density at radius 3 is 2.17 bits per heavy atom. The molecule has 0 unspecified atom stereocenters. The molecular formula is C31H37N3O6. The van der Waals surface area contributed by atoms with Crippen molar-refractivity contribution >= 4 is 16.9 Å². The third kappa shape index (κ3) is 6.77. The fourth-order valence-corrected chi connectivity index (χ4v) is 4.62. The number of amides is 1. The minimum atomic E-state index is -0.206. The summed E-state index contributed by atoms with van der Waals surface area (Å²) in [4.78, 5) is 17.7. The molecule has 9 nitrogen and oxygen atoms in total. The van der Waals surface area contributed by atoms with Crippen molar-refractivity contribution in [1.82, 2.24) is 14.9 Å². The highest BCUT2D eigenvalue weighted by atomic mass is 16.5. The van der Waals surface area contributed by atoms with Gasteiger partial charge in [-0.3, -0.25) is 4.79 Å². The number of hydrogen-bond donors (Lipinski definition) is 1. The maximum Gasteiger partial charge on any atom is 0.251 e. The molecule has 4 aromatic rings. The molecule has 0 aliphatic carbocycles. The van der Waals surface area contributed by atoms with Crippen LogP contribution in [0.25, 0.3) is 11.0 Å². The Morgan fingerprint density at radius 2 is 1.48 bits per heavy atom. The number of para-hydroxylation sites is 4. The van der Waals surface area contributed by atoms with E-state index < -0.39 is 0 Å². The average Bonchev–Trinajstić information content (AvgIpc) is 3.35. The number of methoxy groups -OCH3 is 4. The number of aromatic nitrogens is 2. The van der Waals surface area contributed by atoms with E-state index in [-0.39, 0.29) is 5.91 Å². The van der Waals surface area contributed by atoms with E-state index in [9.17, 15) is 4.79 Å². The van der Waals surface area contributed by atoms with Gasteiger partial charge < -0.3 is 33.6 Å². The summed E-state index contributed by atoms with van der Waals surface area (Å²) in [6, 6.07) is 19.1. The number of rotatable bonds is 15. The molecule has 1 aromatic heterocycles. The molecular weight excluding hydrogens is 510 g/mol. The largest absolute Gasteiger partial charge is 0.493 e. The predicted octanol–water partition coefficient (Wildman–Crippen LogP) is 5.29. The number of carbonyl (C=O) groups is 1. The average molecular weight is 548 g/mol. The van der Waals surface area contributed by atoms with E-state index >= 15 is 0 Å². The number of imidazole rings is 1. The number of benzene rings is 3. The quantitative estimate of drug-likeness (QED) is 0.202. The first-order valence-electron chi connectivity index (χ1n) is 13.4. The Labute approximate surface area is 235 Å². The van der Waals surface area contributed by atoms with Gasteiger partial charge in [-0.1, -0.05) is 24.3 Å². The van der Waals surface area contributed by atoms with Crippen molar-refractivity contribution in [2.75, 3.05) is 41.6 Å². The summed E-state index contributed by atoms with van der Waals surface area (Å²) in [5, 5.41) is 2.99. The van der Waals surface area contributed by atoms with Gasteiger partial charge in [0.1, 0.15) is 5.82 Å². The summed E-state index contributed by atoms with van der Waals surface area (Å²) < 4.78 is 29.6. The SMILES string of the molecule is COc1ccccc1OCCCCn1c(CCCNC(=O)c2cc(OC)c(OC)c(OC)c2)nc2ccccc21. The number of nitrogens with one attached hydrogen (secondary N) is 1. The molecule has 0 aliphatic heterocycles. The van der Waals surface area contributed by atoms with E-state index in [4.69, 9.17) is 28.7 Å². The zero-order chi connectivity index (χ0) is 28.3. The van der Waals surface area contributed by atoms with E-state index in [1.54, 1.807) is 19.2 Å². The third-order valence-electron chi connectivity index (χ3n) is 6.63.